The summed E-state index contributed by atoms with van der Waals surface area (Å²) >= 11 is 0. The Balaban J connectivity index is 1.77. The monoisotopic (exact) mass is 311 g/mol. The van der Waals surface area contributed by atoms with E-state index in [0.717, 1.165) is 11.0 Å². The summed E-state index contributed by atoms with van der Waals surface area (Å²) in [6.07, 6.45) is 1.47. The van der Waals surface area contributed by atoms with Gasteiger partial charge in [-0.3, -0.25) is 10.1 Å². The lowest BCUT2D eigenvalue weighted by Gasteiger charge is -2.01. The number of hydrogen-bond donors (Lipinski definition) is 2. The van der Waals surface area contributed by atoms with Gasteiger partial charge in [-0.05, 0) is 24.3 Å². The van der Waals surface area contributed by atoms with Crippen LogP contribution in [0, 0.1) is 10.1 Å². The molecule has 0 amide bonds. The van der Waals surface area contributed by atoms with Crippen molar-refractivity contribution in [2.24, 2.45) is 5.10 Å². The first kappa shape index (κ1) is 14.5. The number of fused-ring (bicyclic) bond motifs is 1. The van der Waals surface area contributed by atoms with E-state index in [2.05, 4.69) is 20.5 Å². The number of H-pyrrole nitrogens is 1. The Morgan fingerprint density at radius 3 is 2.91 bits per heavy atom. The zero-order chi connectivity index (χ0) is 16.2. The van der Waals surface area contributed by atoms with Crippen LogP contribution < -0.4 is 10.2 Å². The lowest BCUT2D eigenvalue weighted by Crippen LogP contribution is -1.96. The van der Waals surface area contributed by atoms with Crippen LogP contribution in [-0.4, -0.2) is 28.2 Å². The molecule has 0 atom stereocenters. The molecule has 116 valence electrons. The summed E-state index contributed by atoms with van der Waals surface area (Å²) in [5.41, 5.74) is 4.94. The summed E-state index contributed by atoms with van der Waals surface area (Å²) in [6, 6.07) is 12.2. The number of nitrogens with zero attached hydrogens (tertiary/aromatic N) is 3. The first-order chi connectivity index (χ1) is 11.2. The van der Waals surface area contributed by atoms with Crippen molar-refractivity contribution < 1.29 is 9.66 Å². The zero-order valence-corrected chi connectivity index (χ0v) is 12.2. The molecule has 3 aromatic rings. The third-order valence-electron chi connectivity index (χ3n) is 3.17. The standard InChI is InChI=1S/C15H13N5O3/c1-23-14-7-6-10(8-13(14)20(21)22)9-16-19-15-17-11-4-2-3-5-12(11)18-15/h2-9H,1H3,(H2,17,18,19). The van der Waals surface area contributed by atoms with Gasteiger partial charge in [-0.1, -0.05) is 12.1 Å². The van der Waals surface area contributed by atoms with Crippen LogP contribution in [-0.2, 0) is 0 Å². The van der Waals surface area contributed by atoms with Crippen LogP contribution in [0.4, 0.5) is 11.6 Å². The van der Waals surface area contributed by atoms with Gasteiger partial charge in [0, 0.05) is 11.6 Å². The number of nitro groups is 1. The molecule has 8 nitrogen and oxygen atoms in total. The third-order valence-corrected chi connectivity index (χ3v) is 3.17. The van der Waals surface area contributed by atoms with Crippen LogP contribution in [0.5, 0.6) is 5.75 Å². The number of imidazole rings is 1. The minimum atomic E-state index is -0.497. The van der Waals surface area contributed by atoms with Crippen molar-refractivity contribution in [3.8, 4) is 5.75 Å². The number of rotatable bonds is 5. The fourth-order valence-corrected chi connectivity index (χ4v) is 2.10. The second kappa shape index (κ2) is 6.14. The topological polar surface area (TPSA) is 105 Å². The number of nitro benzene ring substituents is 1. The number of hydrazone groups is 1. The van der Waals surface area contributed by atoms with Crippen LogP contribution >= 0.6 is 0 Å². The number of benzene rings is 2. The largest absolute Gasteiger partial charge is 0.490 e. The number of aromatic amines is 1. The average Bonchev–Trinajstić information content (AvgIpc) is 2.97. The van der Waals surface area contributed by atoms with Crippen LogP contribution in [0.2, 0.25) is 0 Å². The number of hydrogen-bond acceptors (Lipinski definition) is 6. The highest BCUT2D eigenvalue weighted by molar-refractivity contribution is 5.82. The molecule has 0 bridgehead atoms. The lowest BCUT2D eigenvalue weighted by atomic mass is 10.2. The number of anilines is 1. The maximum Gasteiger partial charge on any atom is 0.311 e. The van der Waals surface area contributed by atoms with Gasteiger partial charge < -0.3 is 9.72 Å². The van der Waals surface area contributed by atoms with E-state index in [4.69, 9.17) is 4.74 Å². The fourth-order valence-electron chi connectivity index (χ4n) is 2.10. The van der Waals surface area contributed by atoms with E-state index in [-0.39, 0.29) is 11.4 Å². The first-order valence-corrected chi connectivity index (χ1v) is 6.73. The van der Waals surface area contributed by atoms with Gasteiger partial charge in [-0.15, -0.1) is 0 Å². The first-order valence-electron chi connectivity index (χ1n) is 6.73. The van der Waals surface area contributed by atoms with E-state index in [1.54, 1.807) is 6.07 Å². The molecule has 0 radical (unpaired) electrons. The van der Waals surface area contributed by atoms with E-state index < -0.39 is 4.92 Å². The van der Waals surface area contributed by atoms with Gasteiger partial charge in [0.25, 0.3) is 0 Å². The highest BCUT2D eigenvalue weighted by Gasteiger charge is 2.14. The molecule has 23 heavy (non-hydrogen) atoms. The molecule has 0 unspecified atom stereocenters. The summed E-state index contributed by atoms with van der Waals surface area (Å²) < 4.78 is 4.95. The number of ether oxygens (including phenoxy) is 1. The van der Waals surface area contributed by atoms with Crippen molar-refractivity contribution in [3.05, 3.63) is 58.1 Å². The number of para-hydroxylation sites is 2. The van der Waals surface area contributed by atoms with Gasteiger partial charge in [-0.25, -0.2) is 10.4 Å². The van der Waals surface area contributed by atoms with E-state index in [0.29, 0.717) is 11.5 Å². The molecule has 1 aromatic heterocycles. The number of aromatic nitrogens is 2. The van der Waals surface area contributed by atoms with Gasteiger partial charge in [-0.2, -0.15) is 5.10 Å². The Labute approximate surface area is 131 Å². The van der Waals surface area contributed by atoms with Gasteiger partial charge in [0.2, 0.25) is 5.95 Å². The summed E-state index contributed by atoms with van der Waals surface area (Å²) in [6.45, 7) is 0. The molecule has 2 N–H and O–H groups in total. The van der Waals surface area contributed by atoms with Crippen molar-refractivity contribution in [2.45, 2.75) is 0 Å². The van der Waals surface area contributed by atoms with E-state index in [9.17, 15) is 10.1 Å². The second-order valence-electron chi connectivity index (χ2n) is 4.66. The SMILES string of the molecule is COc1ccc(C=NNc2nc3ccccc3[nH]2)cc1[N+](=O)[O-]. The second-order valence-corrected chi connectivity index (χ2v) is 4.66. The Kier molecular flexibility index (Phi) is 3.88. The van der Waals surface area contributed by atoms with Crippen molar-refractivity contribution >= 4 is 28.9 Å². The molecular weight excluding hydrogens is 298 g/mol. The molecular formula is C15H13N5O3. The minimum absolute atomic E-state index is 0.111. The van der Waals surface area contributed by atoms with E-state index >= 15 is 0 Å². The number of methoxy groups -OCH3 is 1. The molecule has 0 saturated carbocycles. The molecule has 2 aromatic carbocycles. The maximum absolute atomic E-state index is 11.0. The maximum atomic E-state index is 11.0. The van der Waals surface area contributed by atoms with Gasteiger partial charge in [0.1, 0.15) is 0 Å². The Morgan fingerprint density at radius 1 is 1.35 bits per heavy atom. The molecule has 0 aliphatic rings. The van der Waals surface area contributed by atoms with Crippen molar-refractivity contribution in [1.29, 1.82) is 0 Å². The highest BCUT2D eigenvalue weighted by Crippen LogP contribution is 2.26. The lowest BCUT2D eigenvalue weighted by molar-refractivity contribution is -0.385. The fraction of sp³-hybridized carbons (Fsp3) is 0.0667. The highest BCUT2D eigenvalue weighted by atomic mass is 16.6. The van der Waals surface area contributed by atoms with Crippen molar-refractivity contribution in [1.82, 2.24) is 9.97 Å². The van der Waals surface area contributed by atoms with Gasteiger partial charge in [0.15, 0.2) is 5.75 Å². The van der Waals surface area contributed by atoms with Crippen molar-refractivity contribution in [2.75, 3.05) is 12.5 Å². The summed E-state index contributed by atoms with van der Waals surface area (Å²) in [5.74, 6) is 0.697. The van der Waals surface area contributed by atoms with Crippen molar-refractivity contribution in [3.63, 3.8) is 0 Å². The smallest absolute Gasteiger partial charge is 0.311 e. The molecule has 0 fully saturated rings. The molecule has 0 spiro atoms. The van der Waals surface area contributed by atoms with Crippen LogP contribution in [0.1, 0.15) is 5.56 Å². The minimum Gasteiger partial charge on any atom is -0.490 e. The predicted octanol–water partition coefficient (Wildman–Crippen LogP) is 2.93. The quantitative estimate of drug-likeness (QED) is 0.428. The van der Waals surface area contributed by atoms with E-state index in [1.165, 1.54) is 25.5 Å². The summed E-state index contributed by atoms with van der Waals surface area (Å²) in [5, 5.41) is 15.0. The Hall–Kier alpha value is -3.42. The molecule has 3 rings (SSSR count). The van der Waals surface area contributed by atoms with E-state index in [1.807, 2.05) is 24.3 Å². The predicted molar refractivity (Wildman–Crippen MR) is 87.0 cm³/mol. The molecule has 1 heterocycles. The molecule has 0 aliphatic carbocycles. The zero-order valence-electron chi connectivity index (χ0n) is 12.2. The molecule has 8 heteroatoms. The van der Waals surface area contributed by atoms with Gasteiger partial charge in [0.05, 0.1) is 29.3 Å². The van der Waals surface area contributed by atoms with Crippen LogP contribution in [0.3, 0.4) is 0 Å². The molecule has 0 aliphatic heterocycles. The van der Waals surface area contributed by atoms with Crippen LogP contribution in [0.15, 0.2) is 47.6 Å². The average molecular weight is 311 g/mol. The normalized spacial score (nSPS) is 11.0. The Bertz CT molecular complexity index is 855. The summed E-state index contributed by atoms with van der Waals surface area (Å²) in [4.78, 5) is 17.9. The van der Waals surface area contributed by atoms with Gasteiger partial charge >= 0.3 is 5.69 Å². The number of nitrogens with one attached hydrogen (secondary N) is 2. The summed E-state index contributed by atoms with van der Waals surface area (Å²) in [7, 11) is 1.39. The Morgan fingerprint density at radius 2 is 2.17 bits per heavy atom. The third kappa shape index (κ3) is 3.10. The molecule has 0 saturated heterocycles. The van der Waals surface area contributed by atoms with Crippen LogP contribution in [0.25, 0.3) is 11.0 Å².